The van der Waals surface area contributed by atoms with Crippen LogP contribution in [0.1, 0.15) is 51.1 Å². The molecule has 0 N–H and O–H groups in total. The van der Waals surface area contributed by atoms with Gasteiger partial charge in [-0.25, -0.2) is 9.59 Å². The number of carbonyl (C=O) groups excluding carboxylic acids is 2. The number of carbonyl (C=O) groups is 2. The van der Waals surface area contributed by atoms with Gasteiger partial charge in [0.1, 0.15) is 11.5 Å². The Morgan fingerprint density at radius 3 is 1.07 bits per heavy atom. The van der Waals surface area contributed by atoms with Crippen molar-refractivity contribution in [3.05, 3.63) is 131 Å². The summed E-state index contributed by atoms with van der Waals surface area (Å²) in [5.74, 6) is -12.0. The zero-order valence-electron chi connectivity index (χ0n) is 33.6. The fourth-order valence-corrected chi connectivity index (χ4v) is 5.73. The molecule has 0 unspecified atom stereocenters. The van der Waals surface area contributed by atoms with E-state index < -0.39 is 119 Å². The molecule has 364 valence electrons. The van der Waals surface area contributed by atoms with Crippen LogP contribution in [-0.2, 0) is 18.0 Å². The quantitative estimate of drug-likeness (QED) is 0.0168. The van der Waals surface area contributed by atoms with Crippen molar-refractivity contribution in [2.45, 2.75) is 54.0 Å². The lowest BCUT2D eigenvalue weighted by Gasteiger charge is -2.23. The Balaban J connectivity index is 1.23. The van der Waals surface area contributed by atoms with Gasteiger partial charge in [-0.3, -0.25) is 0 Å². The van der Waals surface area contributed by atoms with Gasteiger partial charge in [-0.05, 0) is 72.8 Å². The van der Waals surface area contributed by atoms with E-state index in [0.29, 0.717) is 0 Å². The number of alkyl halides is 14. The Hall–Kier alpha value is -5.92. The van der Waals surface area contributed by atoms with Crippen molar-refractivity contribution >= 4 is 47.4 Å². The number of hydrogen-bond donors (Lipinski definition) is 0. The molecular formula is C41H32F14N2O8S2. The van der Waals surface area contributed by atoms with E-state index in [2.05, 4.69) is 28.4 Å². The summed E-state index contributed by atoms with van der Waals surface area (Å²) in [6.07, 6.45) is -14.0. The van der Waals surface area contributed by atoms with Crippen LogP contribution in [0.15, 0.2) is 120 Å². The maximum atomic E-state index is 14.2. The minimum atomic E-state index is -5.32. The summed E-state index contributed by atoms with van der Waals surface area (Å²) in [5.41, 5.74) is -5.32. The Kier molecular flexibility index (Phi) is 18.6. The van der Waals surface area contributed by atoms with E-state index in [1.165, 1.54) is 48.5 Å². The highest BCUT2D eigenvalue weighted by molar-refractivity contribution is 7.96. The predicted molar refractivity (Wildman–Crippen MR) is 213 cm³/mol. The molecule has 0 saturated heterocycles. The Morgan fingerprint density at radius 2 is 0.761 bits per heavy atom. The molecule has 0 fully saturated rings. The topological polar surface area (TPSA) is 114 Å². The molecule has 0 spiro atoms. The number of rotatable bonds is 24. The van der Waals surface area contributed by atoms with Gasteiger partial charge < -0.3 is 27.5 Å². The molecule has 10 nitrogen and oxygen atoms in total. The fraction of sp³-hybridized carbons (Fsp3) is 0.317. The molecule has 0 amide bonds. The summed E-state index contributed by atoms with van der Waals surface area (Å²) in [6, 6.07) is 21.3. The first kappa shape index (κ1) is 53.7. The van der Waals surface area contributed by atoms with Crippen LogP contribution in [0.4, 0.5) is 61.5 Å². The van der Waals surface area contributed by atoms with Crippen LogP contribution >= 0.6 is 24.1 Å². The Morgan fingerprint density at radius 1 is 0.433 bits per heavy atom. The second-order valence-corrected chi connectivity index (χ2v) is 14.9. The number of benzene rings is 4. The molecule has 0 saturated carbocycles. The molecule has 4 aromatic rings. The zero-order chi connectivity index (χ0) is 49.5. The predicted octanol–water partition coefficient (Wildman–Crippen LogP) is 12.3. The molecule has 4 rings (SSSR count). The lowest BCUT2D eigenvalue weighted by Crippen LogP contribution is -2.39. The summed E-state index contributed by atoms with van der Waals surface area (Å²) in [5, 5.41) is -5.05. The van der Waals surface area contributed by atoms with Crippen molar-refractivity contribution in [1.29, 1.82) is 0 Å². The molecule has 0 bridgehead atoms. The van der Waals surface area contributed by atoms with Crippen LogP contribution in [0.5, 0.6) is 11.5 Å². The molecule has 4 aromatic carbocycles. The van der Waals surface area contributed by atoms with Gasteiger partial charge in [-0.2, -0.15) is 61.5 Å². The van der Waals surface area contributed by atoms with Crippen LogP contribution in [0.3, 0.4) is 0 Å². The van der Waals surface area contributed by atoms with Gasteiger partial charge in [-0.1, -0.05) is 46.7 Å². The van der Waals surface area contributed by atoms with Crippen LogP contribution in [0.2, 0.25) is 0 Å². The summed E-state index contributed by atoms with van der Waals surface area (Å²) >= 11 is -2.70. The fourth-order valence-electron chi connectivity index (χ4n) is 4.87. The molecular weight excluding hydrogens is 979 g/mol. The third kappa shape index (κ3) is 16.1. The van der Waals surface area contributed by atoms with Gasteiger partial charge in [0.25, 0.3) is 0 Å². The SMILES string of the molecule is O=C(OCCC(F)(F)C(F)(F)SON=C(c1ccc(OCCCOc2ccc(C(=NOSC(F)(F)C(F)(F)CCOC(=O)c3ccccc3)C(F)(F)F)cc2)cc1)C(F)(F)F)c1ccccc1. The number of nitrogens with zero attached hydrogens (tertiary/aromatic N) is 2. The van der Waals surface area contributed by atoms with Crippen molar-refractivity contribution in [3.8, 4) is 11.5 Å². The standard InChI is InChI=1S/C41H32F14N2O8S2/c42-36(43,20-24-62-34(58)28-8-3-1-4-9-28)40(52,53)66-64-56-32(38(46,47)48)26-12-16-30(17-13-26)60-22-7-23-61-31-18-14-27(15-19-31)33(39(49,50)51)57-65-67-41(54,55)37(44,45)21-25-63-35(59)29-10-5-2-6-11-29/h1-6,8-19H,7,20-25H2. The molecule has 0 heterocycles. The number of halogens is 14. The molecule has 0 atom stereocenters. The minimum Gasteiger partial charge on any atom is -0.493 e. The second kappa shape index (κ2) is 23.2. The highest BCUT2D eigenvalue weighted by Gasteiger charge is 2.60. The van der Waals surface area contributed by atoms with E-state index in [1.54, 1.807) is 12.1 Å². The summed E-state index contributed by atoms with van der Waals surface area (Å²) < 4.78 is 224. The van der Waals surface area contributed by atoms with Gasteiger partial charge in [0.2, 0.25) is 0 Å². The number of hydrogen-bond acceptors (Lipinski definition) is 12. The van der Waals surface area contributed by atoms with Crippen molar-refractivity contribution in [2.24, 2.45) is 10.3 Å². The summed E-state index contributed by atoms with van der Waals surface area (Å²) in [4.78, 5) is 23.7. The van der Waals surface area contributed by atoms with Gasteiger partial charge in [0.05, 0.1) is 50.4 Å². The van der Waals surface area contributed by atoms with Crippen molar-refractivity contribution in [1.82, 2.24) is 0 Å². The molecule has 0 aliphatic carbocycles. The maximum absolute atomic E-state index is 14.2. The highest BCUT2D eigenvalue weighted by atomic mass is 32.2. The smallest absolute Gasteiger partial charge is 0.437 e. The average molecular weight is 1010 g/mol. The van der Waals surface area contributed by atoms with Crippen LogP contribution in [-0.4, -0.2) is 84.5 Å². The van der Waals surface area contributed by atoms with Crippen molar-refractivity contribution in [2.75, 3.05) is 26.4 Å². The van der Waals surface area contributed by atoms with Gasteiger partial charge >= 0.3 is 46.6 Å². The lowest BCUT2D eigenvalue weighted by molar-refractivity contribution is -0.163. The Bertz CT molecular complexity index is 2110. The van der Waals surface area contributed by atoms with Crippen LogP contribution in [0, 0.1) is 0 Å². The van der Waals surface area contributed by atoms with Crippen LogP contribution < -0.4 is 9.47 Å². The largest absolute Gasteiger partial charge is 0.493 e. The normalized spacial score (nSPS) is 13.2. The summed E-state index contributed by atoms with van der Waals surface area (Å²) in [6.45, 7) is -2.62. The number of oxime groups is 2. The molecule has 0 aliphatic heterocycles. The maximum Gasteiger partial charge on any atom is 0.437 e. The van der Waals surface area contributed by atoms with E-state index in [9.17, 15) is 71.1 Å². The second-order valence-electron chi connectivity index (χ2n) is 13.2. The van der Waals surface area contributed by atoms with E-state index in [0.717, 1.165) is 48.5 Å². The average Bonchev–Trinajstić information content (AvgIpc) is 3.26. The molecule has 0 aromatic heterocycles. The zero-order valence-corrected chi connectivity index (χ0v) is 35.2. The van der Waals surface area contributed by atoms with E-state index in [1.807, 2.05) is 0 Å². The molecule has 0 radical (unpaired) electrons. The third-order valence-electron chi connectivity index (χ3n) is 8.33. The van der Waals surface area contributed by atoms with Crippen molar-refractivity contribution in [3.63, 3.8) is 0 Å². The molecule has 26 heteroatoms. The third-order valence-corrected chi connectivity index (χ3v) is 9.64. The minimum absolute atomic E-state index is 0.0192. The van der Waals surface area contributed by atoms with E-state index >= 15 is 0 Å². The van der Waals surface area contributed by atoms with Gasteiger partial charge in [0, 0.05) is 17.5 Å². The van der Waals surface area contributed by atoms with E-state index in [-0.39, 0.29) is 42.3 Å². The first-order chi connectivity index (χ1) is 31.3. The molecule has 67 heavy (non-hydrogen) atoms. The van der Waals surface area contributed by atoms with E-state index in [4.69, 9.17) is 9.47 Å². The molecule has 0 aliphatic rings. The first-order valence-corrected chi connectivity index (χ1v) is 20.2. The number of ether oxygens (including phenoxy) is 4. The summed E-state index contributed by atoms with van der Waals surface area (Å²) in [7, 11) is 0. The first-order valence-electron chi connectivity index (χ1n) is 18.8. The van der Waals surface area contributed by atoms with Gasteiger partial charge in [-0.15, -0.1) is 0 Å². The number of esters is 2. The van der Waals surface area contributed by atoms with Gasteiger partial charge in [0.15, 0.2) is 35.5 Å². The lowest BCUT2D eigenvalue weighted by atomic mass is 10.1. The monoisotopic (exact) mass is 1010 g/mol. The van der Waals surface area contributed by atoms with Crippen molar-refractivity contribution < 1.29 is 98.6 Å². The van der Waals surface area contributed by atoms with Crippen LogP contribution in [0.25, 0.3) is 0 Å². The Labute approximate surface area is 378 Å². The highest BCUT2D eigenvalue weighted by Crippen LogP contribution is 2.47.